The van der Waals surface area contributed by atoms with Gasteiger partial charge in [0.15, 0.2) is 6.10 Å². The van der Waals surface area contributed by atoms with Crippen LogP contribution in [0, 0.1) is 20.8 Å². The van der Waals surface area contributed by atoms with Gasteiger partial charge in [0.1, 0.15) is 0 Å². The Bertz CT molecular complexity index is 1100. The van der Waals surface area contributed by atoms with Gasteiger partial charge in [-0.3, -0.25) is 9.59 Å². The number of halogens is 1. The lowest BCUT2D eigenvalue weighted by atomic mass is 10.1. The molecule has 3 aromatic rings. The van der Waals surface area contributed by atoms with Crippen molar-refractivity contribution in [3.63, 3.8) is 0 Å². The van der Waals surface area contributed by atoms with Crippen LogP contribution >= 0.6 is 11.6 Å². The zero-order chi connectivity index (χ0) is 21.1. The van der Waals surface area contributed by atoms with Gasteiger partial charge in [-0.1, -0.05) is 23.7 Å². The molecule has 2 aromatic carbocycles. The van der Waals surface area contributed by atoms with Crippen LogP contribution in [-0.4, -0.2) is 21.8 Å². The van der Waals surface area contributed by atoms with E-state index in [1.165, 1.54) is 16.8 Å². The summed E-state index contributed by atoms with van der Waals surface area (Å²) in [4.78, 5) is 24.8. The normalized spacial score (nSPS) is 11.8. The first-order valence-electron chi connectivity index (χ1n) is 9.15. The standard InChI is InChI=1S/C22H22ClN3O3/c1-13-9-14(2)11-18(10-13)24-22(28)16(4)29-20-7-8-21(27)26(25-20)19-12-17(23)6-5-15(19)3/h5-12,16H,1-4H3,(H,24,28)/t16-/m1/s1. The monoisotopic (exact) mass is 411 g/mol. The molecule has 0 radical (unpaired) electrons. The number of anilines is 1. The molecule has 6 nitrogen and oxygen atoms in total. The summed E-state index contributed by atoms with van der Waals surface area (Å²) in [7, 11) is 0. The summed E-state index contributed by atoms with van der Waals surface area (Å²) in [6.07, 6.45) is -0.810. The van der Waals surface area contributed by atoms with Crippen LogP contribution in [0.25, 0.3) is 5.69 Å². The first kappa shape index (κ1) is 20.6. The summed E-state index contributed by atoms with van der Waals surface area (Å²) < 4.78 is 6.89. The third-order valence-corrected chi connectivity index (χ3v) is 4.57. The van der Waals surface area contributed by atoms with Crippen LogP contribution in [0.3, 0.4) is 0 Å². The molecule has 0 saturated carbocycles. The topological polar surface area (TPSA) is 73.2 Å². The van der Waals surface area contributed by atoms with E-state index < -0.39 is 6.10 Å². The lowest BCUT2D eigenvalue weighted by molar-refractivity contribution is -0.122. The molecule has 0 bridgehead atoms. The van der Waals surface area contributed by atoms with E-state index in [9.17, 15) is 9.59 Å². The molecule has 3 rings (SSSR count). The van der Waals surface area contributed by atoms with Gasteiger partial charge in [0.05, 0.1) is 5.69 Å². The van der Waals surface area contributed by atoms with Gasteiger partial charge in [0, 0.05) is 22.8 Å². The molecule has 0 aliphatic rings. The molecule has 1 amide bonds. The Balaban J connectivity index is 1.80. The summed E-state index contributed by atoms with van der Waals surface area (Å²) in [5.74, 6) is -0.152. The molecule has 0 aliphatic heterocycles. The molecule has 0 saturated heterocycles. The van der Waals surface area contributed by atoms with Crippen LogP contribution in [-0.2, 0) is 4.79 Å². The van der Waals surface area contributed by atoms with Crippen molar-refractivity contribution < 1.29 is 9.53 Å². The second-order valence-electron chi connectivity index (χ2n) is 6.98. The fourth-order valence-corrected chi connectivity index (χ4v) is 3.13. The Morgan fingerprint density at radius 1 is 1.07 bits per heavy atom. The molecule has 1 N–H and O–H groups in total. The number of nitrogens with zero attached hydrogens (tertiary/aromatic N) is 2. The molecule has 1 heterocycles. The van der Waals surface area contributed by atoms with Crippen molar-refractivity contribution in [2.75, 3.05) is 5.32 Å². The van der Waals surface area contributed by atoms with Gasteiger partial charge in [-0.15, -0.1) is 5.10 Å². The summed E-state index contributed by atoms with van der Waals surface area (Å²) >= 11 is 6.06. The van der Waals surface area contributed by atoms with Gasteiger partial charge in [0.25, 0.3) is 11.5 Å². The van der Waals surface area contributed by atoms with E-state index >= 15 is 0 Å². The predicted molar refractivity (Wildman–Crippen MR) is 114 cm³/mol. The molecule has 29 heavy (non-hydrogen) atoms. The van der Waals surface area contributed by atoms with Gasteiger partial charge in [-0.2, -0.15) is 4.68 Å². The van der Waals surface area contributed by atoms with Crippen LogP contribution in [0.5, 0.6) is 5.88 Å². The number of carbonyl (C=O) groups excluding carboxylic acids is 1. The second kappa shape index (κ2) is 8.49. The highest BCUT2D eigenvalue weighted by Crippen LogP contribution is 2.19. The van der Waals surface area contributed by atoms with E-state index in [1.807, 2.05) is 39.0 Å². The van der Waals surface area contributed by atoms with Crippen LogP contribution in [0.4, 0.5) is 5.69 Å². The molecule has 0 spiro atoms. The number of hydrogen-bond acceptors (Lipinski definition) is 4. The van der Waals surface area contributed by atoms with Crippen LogP contribution < -0.4 is 15.6 Å². The van der Waals surface area contributed by atoms with Crippen molar-refractivity contribution in [1.82, 2.24) is 9.78 Å². The van der Waals surface area contributed by atoms with E-state index in [1.54, 1.807) is 25.1 Å². The third-order valence-electron chi connectivity index (χ3n) is 4.33. The number of aromatic nitrogens is 2. The number of carbonyl (C=O) groups is 1. The Morgan fingerprint density at radius 2 is 1.76 bits per heavy atom. The van der Waals surface area contributed by atoms with Crippen molar-refractivity contribution >= 4 is 23.2 Å². The highest BCUT2D eigenvalue weighted by atomic mass is 35.5. The molecule has 150 valence electrons. The molecular weight excluding hydrogens is 390 g/mol. The molecule has 1 atom stereocenters. The molecule has 0 aliphatic carbocycles. The number of rotatable bonds is 5. The maximum Gasteiger partial charge on any atom is 0.271 e. The van der Waals surface area contributed by atoms with Crippen molar-refractivity contribution in [3.8, 4) is 11.6 Å². The molecule has 7 heteroatoms. The lowest BCUT2D eigenvalue weighted by Gasteiger charge is -2.16. The number of aryl methyl sites for hydroxylation is 3. The van der Waals surface area contributed by atoms with Crippen molar-refractivity contribution in [2.24, 2.45) is 0 Å². The van der Waals surface area contributed by atoms with Crippen molar-refractivity contribution in [2.45, 2.75) is 33.8 Å². The average Bonchev–Trinajstić information content (AvgIpc) is 2.64. The Labute approximate surface area is 174 Å². The highest BCUT2D eigenvalue weighted by Gasteiger charge is 2.17. The quantitative estimate of drug-likeness (QED) is 0.682. The maximum absolute atomic E-state index is 12.5. The van der Waals surface area contributed by atoms with Gasteiger partial charge in [-0.05, 0) is 68.7 Å². The minimum atomic E-state index is -0.810. The smallest absolute Gasteiger partial charge is 0.271 e. The fraction of sp³-hybridized carbons (Fsp3) is 0.227. The molecule has 0 unspecified atom stereocenters. The van der Waals surface area contributed by atoms with E-state index in [2.05, 4.69) is 10.4 Å². The predicted octanol–water partition coefficient (Wildman–Crippen LogP) is 4.22. The van der Waals surface area contributed by atoms with Crippen LogP contribution in [0.1, 0.15) is 23.6 Å². The van der Waals surface area contributed by atoms with Crippen molar-refractivity contribution in [1.29, 1.82) is 0 Å². The zero-order valence-corrected chi connectivity index (χ0v) is 17.4. The number of amides is 1. The summed E-state index contributed by atoms with van der Waals surface area (Å²) in [5.41, 5.74) is 3.88. The first-order chi connectivity index (χ1) is 13.7. The Hall–Kier alpha value is -3.12. The molecule has 1 aromatic heterocycles. The first-order valence-corrected chi connectivity index (χ1v) is 9.53. The van der Waals surface area contributed by atoms with Crippen molar-refractivity contribution in [3.05, 3.63) is 80.6 Å². The van der Waals surface area contributed by atoms with Gasteiger partial charge >= 0.3 is 0 Å². The summed E-state index contributed by atoms with van der Waals surface area (Å²) in [6, 6.07) is 13.8. The van der Waals surface area contributed by atoms with Gasteiger partial charge in [0.2, 0.25) is 5.88 Å². The third kappa shape index (κ3) is 5.03. The minimum Gasteiger partial charge on any atom is -0.463 e. The second-order valence-corrected chi connectivity index (χ2v) is 7.41. The van der Waals surface area contributed by atoms with E-state index in [0.29, 0.717) is 16.4 Å². The summed E-state index contributed by atoms with van der Waals surface area (Å²) in [5, 5.41) is 7.58. The number of benzene rings is 2. The summed E-state index contributed by atoms with van der Waals surface area (Å²) in [6.45, 7) is 7.41. The van der Waals surface area contributed by atoms with Gasteiger partial charge < -0.3 is 10.1 Å². The van der Waals surface area contributed by atoms with Crippen LogP contribution in [0.2, 0.25) is 5.02 Å². The van der Waals surface area contributed by atoms with E-state index in [0.717, 1.165) is 16.7 Å². The number of hydrogen-bond donors (Lipinski definition) is 1. The van der Waals surface area contributed by atoms with E-state index in [4.69, 9.17) is 16.3 Å². The van der Waals surface area contributed by atoms with Gasteiger partial charge in [-0.25, -0.2) is 0 Å². The fourth-order valence-electron chi connectivity index (χ4n) is 2.97. The number of ether oxygens (including phenoxy) is 1. The Morgan fingerprint density at radius 3 is 2.45 bits per heavy atom. The highest BCUT2D eigenvalue weighted by molar-refractivity contribution is 6.30. The lowest BCUT2D eigenvalue weighted by Crippen LogP contribution is -2.31. The number of nitrogens with one attached hydrogen (secondary N) is 1. The largest absolute Gasteiger partial charge is 0.463 e. The maximum atomic E-state index is 12.5. The average molecular weight is 412 g/mol. The Kier molecular flexibility index (Phi) is 6.03. The SMILES string of the molecule is Cc1cc(C)cc(NC(=O)[C@@H](C)Oc2ccc(=O)n(-c3cc(Cl)ccc3C)n2)c1. The molecule has 0 fully saturated rings. The minimum absolute atomic E-state index is 0.159. The van der Waals surface area contributed by atoms with E-state index in [-0.39, 0.29) is 17.3 Å². The zero-order valence-electron chi connectivity index (χ0n) is 16.7. The van der Waals surface area contributed by atoms with Crippen LogP contribution in [0.15, 0.2) is 53.3 Å². The molecular formula is C22H22ClN3O3.